The second kappa shape index (κ2) is 7.40. The Morgan fingerprint density at radius 2 is 2.00 bits per heavy atom. The maximum absolute atomic E-state index is 12.7. The van der Waals surface area contributed by atoms with Gasteiger partial charge in [-0.05, 0) is 18.4 Å². The SMILES string of the molecule is C=CCCC(=O)N1CCC2(CC1)NC(Cc1ccccc1)C(=O)N2C. The first-order valence-corrected chi connectivity index (χ1v) is 9.04. The molecule has 2 heterocycles. The molecule has 2 aliphatic heterocycles. The normalized spacial score (nSPS) is 22.4. The molecule has 2 fully saturated rings. The van der Waals surface area contributed by atoms with Crippen LogP contribution in [0.15, 0.2) is 43.0 Å². The summed E-state index contributed by atoms with van der Waals surface area (Å²) >= 11 is 0. The van der Waals surface area contributed by atoms with E-state index >= 15 is 0 Å². The van der Waals surface area contributed by atoms with Crippen LogP contribution in [0, 0.1) is 0 Å². The Hall–Kier alpha value is -2.14. The van der Waals surface area contributed by atoms with Gasteiger partial charge in [-0.2, -0.15) is 0 Å². The van der Waals surface area contributed by atoms with Gasteiger partial charge in [0.1, 0.15) is 0 Å². The third-order valence-electron chi connectivity index (χ3n) is 5.50. The van der Waals surface area contributed by atoms with E-state index in [1.54, 1.807) is 6.08 Å². The Kier molecular flexibility index (Phi) is 5.23. The number of amides is 2. The summed E-state index contributed by atoms with van der Waals surface area (Å²) in [5.41, 5.74) is 0.849. The van der Waals surface area contributed by atoms with Crippen LogP contribution in [-0.4, -0.2) is 53.5 Å². The van der Waals surface area contributed by atoms with Gasteiger partial charge >= 0.3 is 0 Å². The number of hydrogen-bond acceptors (Lipinski definition) is 3. The monoisotopic (exact) mass is 341 g/mol. The molecule has 0 radical (unpaired) electrons. The Balaban J connectivity index is 1.62. The average Bonchev–Trinajstić information content (AvgIpc) is 2.86. The molecule has 0 bridgehead atoms. The highest BCUT2D eigenvalue weighted by atomic mass is 16.2. The number of likely N-dealkylation sites (tertiary alicyclic amines) is 1. The van der Waals surface area contributed by atoms with E-state index < -0.39 is 0 Å². The summed E-state index contributed by atoms with van der Waals surface area (Å²) in [6, 6.07) is 9.92. The van der Waals surface area contributed by atoms with E-state index in [1.807, 2.05) is 35.0 Å². The molecular formula is C20H27N3O2. The van der Waals surface area contributed by atoms with E-state index in [-0.39, 0.29) is 23.5 Å². The number of allylic oxidation sites excluding steroid dienone is 1. The van der Waals surface area contributed by atoms with Crippen molar-refractivity contribution in [2.24, 2.45) is 0 Å². The zero-order chi connectivity index (χ0) is 17.9. The van der Waals surface area contributed by atoms with Crippen LogP contribution in [-0.2, 0) is 16.0 Å². The van der Waals surface area contributed by atoms with Crippen LogP contribution in [0.1, 0.15) is 31.2 Å². The molecule has 2 amide bonds. The summed E-state index contributed by atoms with van der Waals surface area (Å²) in [6.07, 6.45) is 5.28. The van der Waals surface area contributed by atoms with Gasteiger partial charge in [0.05, 0.1) is 11.7 Å². The minimum absolute atomic E-state index is 0.148. The maximum Gasteiger partial charge on any atom is 0.241 e. The van der Waals surface area contributed by atoms with Crippen molar-refractivity contribution in [1.29, 1.82) is 0 Å². The number of likely N-dealkylation sites (N-methyl/N-ethyl adjacent to an activating group) is 1. The number of carbonyl (C=O) groups excluding carboxylic acids is 2. The van der Waals surface area contributed by atoms with Gasteiger partial charge in [0.2, 0.25) is 11.8 Å². The van der Waals surface area contributed by atoms with E-state index in [4.69, 9.17) is 0 Å². The Morgan fingerprint density at radius 1 is 1.32 bits per heavy atom. The van der Waals surface area contributed by atoms with Crippen molar-refractivity contribution >= 4 is 11.8 Å². The summed E-state index contributed by atoms with van der Waals surface area (Å²) in [6.45, 7) is 5.06. The molecule has 5 heteroatoms. The summed E-state index contributed by atoms with van der Waals surface area (Å²) in [7, 11) is 1.88. The molecule has 0 aliphatic carbocycles. The lowest BCUT2D eigenvalue weighted by atomic mass is 9.96. The van der Waals surface area contributed by atoms with E-state index in [1.165, 1.54) is 0 Å². The molecule has 25 heavy (non-hydrogen) atoms. The highest BCUT2D eigenvalue weighted by Gasteiger charge is 2.49. The zero-order valence-electron chi connectivity index (χ0n) is 14.9. The number of hydrogen-bond donors (Lipinski definition) is 1. The maximum atomic E-state index is 12.7. The predicted octanol–water partition coefficient (Wildman–Crippen LogP) is 1.94. The third-order valence-corrected chi connectivity index (χ3v) is 5.50. The Bertz CT molecular complexity index is 636. The lowest BCUT2D eigenvalue weighted by Crippen LogP contribution is -2.58. The number of benzene rings is 1. The highest BCUT2D eigenvalue weighted by molar-refractivity contribution is 5.85. The molecule has 2 aliphatic rings. The predicted molar refractivity (Wildman–Crippen MR) is 97.8 cm³/mol. The molecule has 3 rings (SSSR count). The quantitative estimate of drug-likeness (QED) is 0.833. The van der Waals surface area contributed by atoms with Crippen molar-refractivity contribution in [3.63, 3.8) is 0 Å². The van der Waals surface area contributed by atoms with E-state index in [9.17, 15) is 9.59 Å². The molecule has 1 unspecified atom stereocenters. The van der Waals surface area contributed by atoms with Crippen molar-refractivity contribution in [3.8, 4) is 0 Å². The average molecular weight is 341 g/mol. The van der Waals surface area contributed by atoms with Gasteiger partial charge in [0.25, 0.3) is 0 Å². The molecule has 2 saturated heterocycles. The fourth-order valence-corrected chi connectivity index (χ4v) is 3.91. The molecule has 1 aromatic carbocycles. The van der Waals surface area contributed by atoms with Crippen LogP contribution in [0.2, 0.25) is 0 Å². The zero-order valence-corrected chi connectivity index (χ0v) is 14.9. The van der Waals surface area contributed by atoms with Crippen LogP contribution in [0.3, 0.4) is 0 Å². The Morgan fingerprint density at radius 3 is 2.64 bits per heavy atom. The lowest BCUT2D eigenvalue weighted by molar-refractivity contribution is -0.135. The number of carbonyl (C=O) groups is 2. The molecule has 0 saturated carbocycles. The van der Waals surface area contributed by atoms with E-state index in [2.05, 4.69) is 24.0 Å². The van der Waals surface area contributed by atoms with Crippen molar-refractivity contribution in [2.75, 3.05) is 20.1 Å². The van der Waals surface area contributed by atoms with E-state index in [0.29, 0.717) is 25.9 Å². The molecule has 0 aromatic heterocycles. The van der Waals surface area contributed by atoms with Crippen LogP contribution in [0.25, 0.3) is 0 Å². The lowest BCUT2D eigenvalue weighted by Gasteiger charge is -2.43. The van der Waals surface area contributed by atoms with Gasteiger partial charge in [-0.3, -0.25) is 14.9 Å². The standard InChI is InChI=1S/C20H27N3O2/c1-3-4-10-18(24)23-13-11-20(12-14-23)21-17(19(25)22(20)2)15-16-8-6-5-7-9-16/h3,5-9,17,21H,1,4,10-15H2,2H3. The van der Waals surface area contributed by atoms with Crippen LogP contribution in [0.5, 0.6) is 0 Å². The summed E-state index contributed by atoms with van der Waals surface area (Å²) in [5.74, 6) is 0.331. The molecule has 1 atom stereocenters. The highest BCUT2D eigenvalue weighted by Crippen LogP contribution is 2.32. The van der Waals surface area contributed by atoms with Crippen LogP contribution >= 0.6 is 0 Å². The topological polar surface area (TPSA) is 52.7 Å². The van der Waals surface area contributed by atoms with Gasteiger partial charge in [0.15, 0.2) is 0 Å². The molecule has 1 spiro atoms. The van der Waals surface area contributed by atoms with Crippen molar-refractivity contribution in [2.45, 2.75) is 43.8 Å². The minimum Gasteiger partial charge on any atom is -0.342 e. The smallest absolute Gasteiger partial charge is 0.241 e. The first-order chi connectivity index (χ1) is 12.1. The summed E-state index contributed by atoms with van der Waals surface area (Å²) in [5, 5.41) is 3.58. The van der Waals surface area contributed by atoms with Gasteiger partial charge in [-0.25, -0.2) is 0 Å². The van der Waals surface area contributed by atoms with Crippen LogP contribution < -0.4 is 5.32 Å². The molecule has 5 nitrogen and oxygen atoms in total. The first kappa shape index (κ1) is 17.7. The Labute approximate surface area is 149 Å². The van der Waals surface area contributed by atoms with Gasteiger partial charge in [-0.1, -0.05) is 36.4 Å². The number of nitrogens with one attached hydrogen (secondary N) is 1. The second-order valence-corrected chi connectivity index (χ2v) is 7.02. The van der Waals surface area contributed by atoms with E-state index in [0.717, 1.165) is 24.8 Å². The second-order valence-electron chi connectivity index (χ2n) is 7.02. The molecule has 134 valence electrons. The van der Waals surface area contributed by atoms with Crippen molar-refractivity contribution < 1.29 is 9.59 Å². The van der Waals surface area contributed by atoms with Crippen molar-refractivity contribution in [3.05, 3.63) is 48.6 Å². The number of nitrogens with zero attached hydrogens (tertiary/aromatic N) is 2. The first-order valence-electron chi connectivity index (χ1n) is 9.04. The van der Waals surface area contributed by atoms with Crippen LogP contribution in [0.4, 0.5) is 0 Å². The third kappa shape index (κ3) is 3.61. The minimum atomic E-state index is -0.314. The summed E-state index contributed by atoms with van der Waals surface area (Å²) < 4.78 is 0. The number of piperidine rings is 1. The summed E-state index contributed by atoms with van der Waals surface area (Å²) in [4.78, 5) is 28.7. The largest absolute Gasteiger partial charge is 0.342 e. The number of rotatable bonds is 5. The fraction of sp³-hybridized carbons (Fsp3) is 0.500. The molecule has 1 aromatic rings. The van der Waals surface area contributed by atoms with Gasteiger partial charge in [0, 0.05) is 39.4 Å². The van der Waals surface area contributed by atoms with Gasteiger partial charge < -0.3 is 9.80 Å². The fourth-order valence-electron chi connectivity index (χ4n) is 3.91. The van der Waals surface area contributed by atoms with Crippen molar-refractivity contribution in [1.82, 2.24) is 15.1 Å². The molecule has 1 N–H and O–H groups in total. The van der Waals surface area contributed by atoms with Gasteiger partial charge in [-0.15, -0.1) is 6.58 Å². The molecular weight excluding hydrogens is 314 g/mol.